The summed E-state index contributed by atoms with van der Waals surface area (Å²) in [7, 11) is 0. The van der Waals surface area contributed by atoms with Crippen molar-refractivity contribution in [3.63, 3.8) is 0 Å². The summed E-state index contributed by atoms with van der Waals surface area (Å²) in [5.41, 5.74) is 7.80. The minimum Gasteiger partial charge on any atom is -0.493 e. The zero-order chi connectivity index (χ0) is 29.1. The molecule has 0 unspecified atom stereocenters. The summed E-state index contributed by atoms with van der Waals surface area (Å²) in [4.78, 5) is 47.3. The Bertz CT molecular complexity index is 1660. The highest BCUT2D eigenvalue weighted by Crippen LogP contribution is 2.27. The van der Waals surface area contributed by atoms with Crippen molar-refractivity contribution in [3.05, 3.63) is 100 Å². The van der Waals surface area contributed by atoms with E-state index in [9.17, 15) is 24.3 Å². The van der Waals surface area contributed by atoms with Crippen LogP contribution in [0.2, 0.25) is 0 Å². The fraction of sp³-hybridized carbons (Fsp3) is 0.0714. The third kappa shape index (κ3) is 5.41. The van der Waals surface area contributed by atoms with Gasteiger partial charge in [-0.15, -0.1) is 0 Å². The number of hydrazone groups is 1. The number of nitrogens with two attached hydrogens (primary N) is 1. The first-order chi connectivity index (χ1) is 19.0. The van der Waals surface area contributed by atoms with Gasteiger partial charge in [-0.1, -0.05) is 0 Å². The van der Waals surface area contributed by atoms with Gasteiger partial charge in [-0.25, -0.2) is 14.3 Å². The minimum absolute atomic E-state index is 0.0229. The Morgan fingerprint density at radius 1 is 0.900 bits per heavy atom. The minimum atomic E-state index is -1.10. The monoisotopic (exact) mass is 541 g/mol. The van der Waals surface area contributed by atoms with Crippen molar-refractivity contribution < 1.29 is 34.5 Å². The molecule has 0 fully saturated rings. The van der Waals surface area contributed by atoms with Gasteiger partial charge in [0.2, 0.25) is 11.8 Å². The van der Waals surface area contributed by atoms with Crippen LogP contribution in [0.15, 0.2) is 83.0 Å². The van der Waals surface area contributed by atoms with Crippen LogP contribution < -0.4 is 10.7 Å². The molecule has 0 saturated heterocycles. The first-order valence-corrected chi connectivity index (χ1v) is 11.7. The van der Waals surface area contributed by atoms with Crippen molar-refractivity contribution in [1.29, 1.82) is 0 Å². The van der Waals surface area contributed by atoms with Gasteiger partial charge >= 0.3 is 11.9 Å². The maximum Gasteiger partial charge on any atom is 0.335 e. The van der Waals surface area contributed by atoms with Gasteiger partial charge in [0.1, 0.15) is 0 Å². The molecule has 0 bridgehead atoms. The lowest BCUT2D eigenvalue weighted by atomic mass is 10.1. The van der Waals surface area contributed by atoms with Crippen LogP contribution >= 0.6 is 0 Å². The Kier molecular flexibility index (Phi) is 7.44. The summed E-state index contributed by atoms with van der Waals surface area (Å²) in [5.74, 6) is -3.68. The maximum absolute atomic E-state index is 13.0. The summed E-state index contributed by atoms with van der Waals surface area (Å²) in [6, 6.07) is 11.4. The number of allylic oxidation sites excluding steroid dienone is 2. The zero-order valence-electron chi connectivity index (χ0n) is 21.3. The van der Waals surface area contributed by atoms with Gasteiger partial charge < -0.3 is 21.1 Å². The molecular formula is C28H23N5O7. The van der Waals surface area contributed by atoms with Gasteiger partial charge in [0.05, 0.1) is 45.0 Å². The fourth-order valence-corrected chi connectivity index (χ4v) is 3.84. The van der Waals surface area contributed by atoms with Crippen molar-refractivity contribution in [2.45, 2.75) is 13.8 Å². The molecule has 0 atom stereocenters. The summed E-state index contributed by atoms with van der Waals surface area (Å²) >= 11 is 0. The molecule has 202 valence electrons. The molecule has 12 nitrogen and oxygen atoms in total. The predicted octanol–water partition coefficient (Wildman–Crippen LogP) is 3.06. The Hall–Kier alpha value is -5.78. The van der Waals surface area contributed by atoms with Crippen LogP contribution in [0.5, 0.6) is 5.88 Å². The number of amides is 2. The average molecular weight is 542 g/mol. The summed E-state index contributed by atoms with van der Waals surface area (Å²) < 4.78 is 1.23. The number of aromatic hydroxyl groups is 1. The van der Waals surface area contributed by atoms with Crippen molar-refractivity contribution in [2.75, 3.05) is 5.01 Å². The molecule has 1 aromatic heterocycles. The van der Waals surface area contributed by atoms with Crippen LogP contribution in [-0.2, 0) is 9.59 Å². The van der Waals surface area contributed by atoms with Gasteiger partial charge in [-0.05, 0) is 86.7 Å². The van der Waals surface area contributed by atoms with Gasteiger partial charge in [-0.3, -0.25) is 9.59 Å². The highest BCUT2D eigenvalue weighted by molar-refractivity contribution is 6.30. The zero-order valence-corrected chi connectivity index (χ0v) is 21.3. The highest BCUT2D eigenvalue weighted by Gasteiger charge is 2.28. The SMILES string of the molecule is CC1=NN(c2ccc(C(=O)O)cc2)C(=O)\C1=C/C=C(/C=C/c1c(C)nn(-c2ccc(C(=O)O)cc2)c1O)C(N)=O. The number of benzene rings is 2. The Labute approximate surface area is 227 Å². The largest absolute Gasteiger partial charge is 0.493 e. The molecule has 40 heavy (non-hydrogen) atoms. The number of hydrogen-bond donors (Lipinski definition) is 4. The number of carboxylic acids is 2. The number of anilines is 1. The van der Waals surface area contributed by atoms with Crippen molar-refractivity contribution in [1.82, 2.24) is 9.78 Å². The van der Waals surface area contributed by atoms with E-state index in [1.807, 2.05) is 0 Å². The fourth-order valence-electron chi connectivity index (χ4n) is 3.84. The van der Waals surface area contributed by atoms with Crippen LogP contribution in [-0.4, -0.2) is 54.6 Å². The van der Waals surface area contributed by atoms with E-state index < -0.39 is 23.8 Å². The van der Waals surface area contributed by atoms with Crippen molar-refractivity contribution in [2.24, 2.45) is 10.8 Å². The molecule has 0 aliphatic carbocycles. The maximum atomic E-state index is 13.0. The van der Waals surface area contributed by atoms with Crippen molar-refractivity contribution in [3.8, 4) is 11.6 Å². The molecule has 2 amide bonds. The van der Waals surface area contributed by atoms with E-state index in [2.05, 4.69) is 10.2 Å². The number of primary amides is 1. The topological polar surface area (TPSA) is 188 Å². The summed E-state index contributed by atoms with van der Waals surface area (Å²) in [6.45, 7) is 3.26. The normalized spacial score (nSPS) is 14.7. The third-order valence-corrected chi connectivity index (χ3v) is 6.01. The Morgan fingerprint density at radius 3 is 1.98 bits per heavy atom. The number of carboxylic acid groups (broad SMARTS) is 2. The average Bonchev–Trinajstić information content (AvgIpc) is 3.37. The van der Waals surface area contributed by atoms with E-state index in [0.717, 1.165) is 5.01 Å². The summed E-state index contributed by atoms with van der Waals surface area (Å²) in [6.07, 6.45) is 5.57. The Balaban J connectivity index is 1.59. The van der Waals surface area contributed by atoms with Gasteiger partial charge in [0.25, 0.3) is 5.91 Å². The number of aromatic carboxylic acids is 2. The molecule has 0 radical (unpaired) electrons. The lowest BCUT2D eigenvalue weighted by molar-refractivity contribution is -0.115. The van der Waals surface area contributed by atoms with E-state index >= 15 is 0 Å². The predicted molar refractivity (Wildman–Crippen MR) is 145 cm³/mol. The molecule has 2 aromatic carbocycles. The number of carbonyl (C=O) groups is 4. The van der Waals surface area contributed by atoms with E-state index in [4.69, 9.17) is 15.9 Å². The first-order valence-electron chi connectivity index (χ1n) is 11.7. The van der Waals surface area contributed by atoms with Crippen LogP contribution in [0.1, 0.15) is 38.9 Å². The van der Waals surface area contributed by atoms with Crippen LogP contribution in [0.4, 0.5) is 5.69 Å². The smallest absolute Gasteiger partial charge is 0.335 e. The number of rotatable bonds is 8. The molecule has 3 aromatic rings. The number of aromatic nitrogens is 2. The third-order valence-electron chi connectivity index (χ3n) is 6.01. The highest BCUT2D eigenvalue weighted by atomic mass is 16.4. The molecule has 12 heteroatoms. The quantitative estimate of drug-likeness (QED) is 0.247. The van der Waals surface area contributed by atoms with Crippen molar-refractivity contribution >= 4 is 41.2 Å². The molecule has 0 spiro atoms. The lowest BCUT2D eigenvalue weighted by Gasteiger charge is -2.11. The lowest BCUT2D eigenvalue weighted by Crippen LogP contribution is -2.21. The van der Waals surface area contributed by atoms with Gasteiger partial charge in [-0.2, -0.15) is 15.2 Å². The molecule has 1 aliphatic rings. The van der Waals surface area contributed by atoms with E-state index in [0.29, 0.717) is 28.3 Å². The number of carbonyl (C=O) groups excluding carboxylic acids is 2. The van der Waals surface area contributed by atoms with Crippen LogP contribution in [0.25, 0.3) is 11.8 Å². The molecule has 1 aliphatic heterocycles. The van der Waals surface area contributed by atoms with Gasteiger partial charge in [0.15, 0.2) is 0 Å². The molecule has 0 saturated carbocycles. The molecular weight excluding hydrogens is 518 g/mol. The van der Waals surface area contributed by atoms with E-state index in [1.165, 1.54) is 77.5 Å². The van der Waals surface area contributed by atoms with E-state index in [1.54, 1.807) is 13.8 Å². The number of aryl methyl sites for hydroxylation is 1. The standard InChI is InChI=1S/C28H23N5O7/c1-15-22(25(35)32(30-15)20-9-3-18(4-10-20)27(37)38)13-7-17(24(29)34)8-14-23-16(2)31-33(26(23)36)21-11-5-19(6-12-21)28(39)40/h3-14,35H,1-2H3,(H2,29,34)(H,37,38)(H,39,40)/b13-7+,17-8-,23-14-. The number of hydrogen-bond acceptors (Lipinski definition) is 7. The van der Waals surface area contributed by atoms with E-state index in [-0.39, 0.29) is 28.2 Å². The second-order valence-corrected chi connectivity index (χ2v) is 8.64. The van der Waals surface area contributed by atoms with Gasteiger partial charge in [0, 0.05) is 5.57 Å². The Morgan fingerprint density at radius 2 is 1.45 bits per heavy atom. The second kappa shape index (κ2) is 10.9. The first kappa shape index (κ1) is 27.3. The molecule has 4 rings (SSSR count). The second-order valence-electron chi connectivity index (χ2n) is 8.64. The molecule has 5 N–H and O–H groups in total. The summed E-state index contributed by atoms with van der Waals surface area (Å²) in [5, 5.41) is 38.5. The van der Waals surface area contributed by atoms with Crippen LogP contribution in [0.3, 0.4) is 0 Å². The molecule has 2 heterocycles. The van der Waals surface area contributed by atoms with Crippen LogP contribution in [0, 0.1) is 6.92 Å². The number of nitrogens with zero attached hydrogens (tertiary/aromatic N) is 4.